The fourth-order valence-corrected chi connectivity index (χ4v) is 3.22. The highest BCUT2D eigenvalue weighted by Crippen LogP contribution is 2.31. The van der Waals surface area contributed by atoms with Gasteiger partial charge < -0.3 is 19.5 Å². The van der Waals surface area contributed by atoms with Gasteiger partial charge in [0.2, 0.25) is 0 Å². The molecule has 1 N–H and O–H groups in total. The van der Waals surface area contributed by atoms with Crippen LogP contribution in [0.25, 0.3) is 0 Å². The first-order valence-electron chi connectivity index (χ1n) is 8.34. The van der Waals surface area contributed by atoms with Gasteiger partial charge in [-0.3, -0.25) is 4.79 Å². The minimum absolute atomic E-state index is 0.0382. The zero-order valence-corrected chi connectivity index (χ0v) is 14.5. The number of ether oxygens (including phenoxy) is 1. The van der Waals surface area contributed by atoms with E-state index in [-0.39, 0.29) is 11.9 Å². The fourth-order valence-electron chi connectivity index (χ4n) is 3.22. The summed E-state index contributed by atoms with van der Waals surface area (Å²) in [5.41, 5.74) is 4.28. The van der Waals surface area contributed by atoms with Crippen molar-refractivity contribution in [1.82, 2.24) is 9.88 Å². The van der Waals surface area contributed by atoms with Gasteiger partial charge in [-0.1, -0.05) is 6.92 Å². The highest BCUT2D eigenvalue weighted by Gasteiger charge is 2.26. The number of rotatable bonds is 5. The second-order valence-corrected chi connectivity index (χ2v) is 6.03. The summed E-state index contributed by atoms with van der Waals surface area (Å²) in [5.74, 6) is 0.0382. The van der Waals surface area contributed by atoms with Gasteiger partial charge in [0.1, 0.15) is 5.69 Å². The lowest BCUT2D eigenvalue weighted by atomic mass is 10.1. The molecule has 0 bridgehead atoms. The summed E-state index contributed by atoms with van der Waals surface area (Å²) in [6.07, 6.45) is 0.937. The summed E-state index contributed by atoms with van der Waals surface area (Å²) in [6, 6.07) is 0.194. The Kier molecular flexibility index (Phi) is 5.51. The Morgan fingerprint density at radius 3 is 2.45 bits per heavy atom. The van der Waals surface area contributed by atoms with E-state index in [1.165, 1.54) is 11.4 Å². The van der Waals surface area contributed by atoms with Crippen molar-refractivity contribution in [2.75, 3.05) is 31.2 Å². The summed E-state index contributed by atoms with van der Waals surface area (Å²) in [7, 11) is 0. The van der Waals surface area contributed by atoms with Crippen LogP contribution >= 0.6 is 0 Å². The Balaban J connectivity index is 2.39. The largest absolute Gasteiger partial charge is 0.378 e. The number of nitrogens with zero attached hydrogens (tertiary/aromatic N) is 2. The third kappa shape index (κ3) is 3.14. The molecule has 22 heavy (non-hydrogen) atoms. The summed E-state index contributed by atoms with van der Waals surface area (Å²) >= 11 is 0. The van der Waals surface area contributed by atoms with Crippen molar-refractivity contribution in [3.8, 4) is 0 Å². The van der Waals surface area contributed by atoms with Crippen LogP contribution in [0.4, 0.5) is 5.69 Å². The summed E-state index contributed by atoms with van der Waals surface area (Å²) in [5, 5.41) is 3.10. The molecule has 0 spiro atoms. The maximum Gasteiger partial charge on any atom is 0.268 e. The molecule has 1 unspecified atom stereocenters. The third-order valence-corrected chi connectivity index (χ3v) is 4.58. The molecule has 2 rings (SSSR count). The molecule has 0 radical (unpaired) electrons. The van der Waals surface area contributed by atoms with Gasteiger partial charge in [-0.25, -0.2) is 0 Å². The lowest BCUT2D eigenvalue weighted by Crippen LogP contribution is -2.37. The first-order valence-corrected chi connectivity index (χ1v) is 8.34. The first kappa shape index (κ1) is 16.9. The zero-order chi connectivity index (χ0) is 16.3. The van der Waals surface area contributed by atoms with Gasteiger partial charge in [0.25, 0.3) is 5.91 Å². The lowest BCUT2D eigenvalue weighted by molar-refractivity contribution is 0.0929. The van der Waals surface area contributed by atoms with Gasteiger partial charge in [-0.05, 0) is 34.1 Å². The summed E-state index contributed by atoms with van der Waals surface area (Å²) < 4.78 is 7.59. The van der Waals surface area contributed by atoms with E-state index < -0.39 is 0 Å². The first-order chi connectivity index (χ1) is 10.5. The highest BCUT2D eigenvalue weighted by molar-refractivity contribution is 5.96. The third-order valence-electron chi connectivity index (χ3n) is 4.58. The molecule has 5 heteroatoms. The Bertz CT molecular complexity index is 530. The van der Waals surface area contributed by atoms with E-state index in [2.05, 4.69) is 42.5 Å². The van der Waals surface area contributed by atoms with Gasteiger partial charge in [0.05, 0.1) is 18.9 Å². The van der Waals surface area contributed by atoms with Crippen LogP contribution < -0.4 is 10.2 Å². The van der Waals surface area contributed by atoms with Crippen LogP contribution in [0.2, 0.25) is 0 Å². The number of nitrogens with one attached hydrogen (secondary N) is 1. The number of hydrogen-bond donors (Lipinski definition) is 1. The van der Waals surface area contributed by atoms with Crippen molar-refractivity contribution in [2.45, 2.75) is 53.6 Å². The molecular weight excluding hydrogens is 278 g/mol. The quantitative estimate of drug-likeness (QED) is 0.909. The molecule has 1 saturated heterocycles. The minimum atomic E-state index is 0.0382. The number of carbonyl (C=O) groups excluding carboxylic acids is 1. The van der Waals surface area contributed by atoms with Gasteiger partial charge in [-0.2, -0.15) is 0 Å². The van der Waals surface area contributed by atoms with E-state index >= 15 is 0 Å². The average molecular weight is 307 g/mol. The number of carbonyl (C=O) groups is 1. The van der Waals surface area contributed by atoms with Crippen LogP contribution in [-0.2, 0) is 11.3 Å². The molecule has 5 nitrogen and oxygen atoms in total. The van der Waals surface area contributed by atoms with E-state index in [0.29, 0.717) is 0 Å². The van der Waals surface area contributed by atoms with Crippen molar-refractivity contribution in [2.24, 2.45) is 0 Å². The van der Waals surface area contributed by atoms with Gasteiger partial charge in [0.15, 0.2) is 0 Å². The van der Waals surface area contributed by atoms with Crippen molar-refractivity contribution < 1.29 is 9.53 Å². The number of anilines is 1. The summed E-state index contributed by atoms with van der Waals surface area (Å²) in [6.45, 7) is 14.5. The lowest BCUT2D eigenvalue weighted by Gasteiger charge is -2.29. The van der Waals surface area contributed by atoms with E-state index in [1.54, 1.807) is 0 Å². The predicted molar refractivity (Wildman–Crippen MR) is 89.8 cm³/mol. The predicted octanol–water partition coefficient (Wildman–Crippen LogP) is 2.49. The molecule has 1 aliphatic rings. The van der Waals surface area contributed by atoms with Crippen molar-refractivity contribution in [1.29, 1.82) is 0 Å². The Morgan fingerprint density at radius 2 is 1.91 bits per heavy atom. The van der Waals surface area contributed by atoms with Crippen molar-refractivity contribution >= 4 is 11.6 Å². The molecule has 124 valence electrons. The van der Waals surface area contributed by atoms with Crippen LogP contribution in [0, 0.1) is 13.8 Å². The number of morpholine rings is 1. The van der Waals surface area contributed by atoms with Crippen molar-refractivity contribution in [3.05, 3.63) is 17.0 Å². The summed E-state index contributed by atoms with van der Waals surface area (Å²) in [4.78, 5) is 15.0. The molecule has 1 aliphatic heterocycles. The molecule has 2 heterocycles. The number of amides is 1. The molecule has 0 aliphatic carbocycles. The topological polar surface area (TPSA) is 46.5 Å². The molecule has 1 amide bonds. The molecule has 1 fully saturated rings. The van der Waals surface area contributed by atoms with E-state index in [0.717, 1.165) is 50.5 Å². The SMILES string of the molecule is CCC(C)NC(=O)c1c(C)c(N2CCOCC2)c(C)n1CC. The van der Waals surface area contributed by atoms with E-state index in [4.69, 9.17) is 4.74 Å². The standard InChI is InChI=1S/C17H29N3O2/c1-6-12(3)18-17(21)16-13(4)15(14(5)20(16)7-2)19-8-10-22-11-9-19/h12H,6-11H2,1-5H3,(H,18,21). The molecule has 1 atom stereocenters. The Labute approximate surface area is 133 Å². The molecule has 1 aromatic rings. The van der Waals surface area contributed by atoms with Crippen LogP contribution in [0.3, 0.4) is 0 Å². The monoisotopic (exact) mass is 307 g/mol. The highest BCUT2D eigenvalue weighted by atomic mass is 16.5. The average Bonchev–Trinajstić information content (AvgIpc) is 2.78. The maximum atomic E-state index is 12.7. The van der Waals surface area contributed by atoms with Gasteiger partial charge in [0, 0.05) is 36.9 Å². The van der Waals surface area contributed by atoms with Crippen LogP contribution in [0.5, 0.6) is 0 Å². The van der Waals surface area contributed by atoms with E-state index in [1.807, 2.05) is 6.92 Å². The normalized spacial score (nSPS) is 16.7. The second kappa shape index (κ2) is 7.18. The van der Waals surface area contributed by atoms with E-state index in [9.17, 15) is 4.79 Å². The number of aromatic nitrogens is 1. The van der Waals surface area contributed by atoms with Crippen molar-refractivity contribution in [3.63, 3.8) is 0 Å². The number of hydrogen-bond acceptors (Lipinski definition) is 3. The van der Waals surface area contributed by atoms with Gasteiger partial charge in [-0.15, -0.1) is 0 Å². The zero-order valence-electron chi connectivity index (χ0n) is 14.5. The Morgan fingerprint density at radius 1 is 1.27 bits per heavy atom. The van der Waals surface area contributed by atoms with Crippen LogP contribution in [0.1, 0.15) is 48.9 Å². The van der Waals surface area contributed by atoms with Crippen LogP contribution in [-0.4, -0.2) is 42.8 Å². The van der Waals surface area contributed by atoms with Crippen LogP contribution in [0.15, 0.2) is 0 Å². The van der Waals surface area contributed by atoms with Gasteiger partial charge >= 0.3 is 0 Å². The molecule has 1 aromatic heterocycles. The molecular formula is C17H29N3O2. The minimum Gasteiger partial charge on any atom is -0.378 e. The maximum absolute atomic E-state index is 12.7. The Hall–Kier alpha value is -1.49. The molecule has 0 saturated carbocycles. The second-order valence-electron chi connectivity index (χ2n) is 6.03. The smallest absolute Gasteiger partial charge is 0.268 e. The fraction of sp³-hybridized carbons (Fsp3) is 0.706. The molecule has 0 aromatic carbocycles.